The highest BCUT2D eigenvalue weighted by Gasteiger charge is 2.20. The number of rotatable bonds is 9. The third-order valence-corrected chi connectivity index (χ3v) is 3.33. The van der Waals surface area contributed by atoms with Crippen LogP contribution < -0.4 is 10.1 Å². The minimum Gasteiger partial charge on any atom is -0.497 e. The molecule has 0 aromatic heterocycles. The molecule has 0 aliphatic heterocycles. The van der Waals surface area contributed by atoms with E-state index in [1.54, 1.807) is 7.11 Å². The molecular formula is C15H23NO4. The Hall–Kier alpha value is -1.59. The topological polar surface area (TPSA) is 78.8 Å². The van der Waals surface area contributed by atoms with Crippen LogP contribution in [0.5, 0.6) is 5.75 Å². The van der Waals surface area contributed by atoms with Gasteiger partial charge in [0.2, 0.25) is 0 Å². The molecule has 0 unspecified atom stereocenters. The third kappa shape index (κ3) is 5.19. The lowest BCUT2D eigenvalue weighted by Gasteiger charge is -2.20. The summed E-state index contributed by atoms with van der Waals surface area (Å²) in [6.07, 6.45) is 1.84. The number of aliphatic hydroxyl groups excluding tert-OH is 1. The Labute approximate surface area is 119 Å². The summed E-state index contributed by atoms with van der Waals surface area (Å²) in [7, 11) is 1.61. The van der Waals surface area contributed by atoms with Crippen molar-refractivity contribution in [2.75, 3.05) is 13.7 Å². The van der Waals surface area contributed by atoms with Crippen LogP contribution >= 0.6 is 0 Å². The zero-order chi connectivity index (χ0) is 15.0. The fourth-order valence-electron chi connectivity index (χ4n) is 1.97. The molecule has 0 saturated heterocycles. The van der Waals surface area contributed by atoms with Crippen LogP contribution in [-0.4, -0.2) is 42.0 Å². The summed E-state index contributed by atoms with van der Waals surface area (Å²) in [6.45, 7) is 1.86. The minimum atomic E-state index is -0.884. The molecule has 0 amide bonds. The number of carboxylic acids is 1. The quantitative estimate of drug-likeness (QED) is 0.638. The highest BCUT2D eigenvalue weighted by Crippen LogP contribution is 2.13. The second-order valence-corrected chi connectivity index (χ2v) is 4.73. The van der Waals surface area contributed by atoms with Crippen molar-refractivity contribution in [3.8, 4) is 5.75 Å². The van der Waals surface area contributed by atoms with Crippen LogP contribution in [0.2, 0.25) is 0 Å². The molecule has 0 aliphatic rings. The lowest BCUT2D eigenvalue weighted by molar-refractivity contribution is -0.140. The second kappa shape index (κ2) is 8.55. The number of hydrogen-bond donors (Lipinski definition) is 3. The molecule has 112 valence electrons. The molecule has 0 heterocycles. The molecule has 20 heavy (non-hydrogen) atoms. The fraction of sp³-hybridized carbons (Fsp3) is 0.533. The molecule has 2 atom stereocenters. The van der Waals surface area contributed by atoms with Gasteiger partial charge in [0.1, 0.15) is 11.8 Å². The van der Waals surface area contributed by atoms with Crippen LogP contribution in [-0.2, 0) is 11.2 Å². The lowest BCUT2D eigenvalue weighted by atomic mass is 10.0. The van der Waals surface area contributed by atoms with Gasteiger partial charge in [-0.25, -0.2) is 0 Å². The van der Waals surface area contributed by atoms with Crippen molar-refractivity contribution < 1.29 is 19.7 Å². The molecule has 0 radical (unpaired) electrons. The van der Waals surface area contributed by atoms with Gasteiger partial charge in [0.15, 0.2) is 0 Å². The maximum Gasteiger partial charge on any atom is 0.320 e. The zero-order valence-electron chi connectivity index (χ0n) is 12.0. The van der Waals surface area contributed by atoms with Crippen molar-refractivity contribution >= 4 is 5.97 Å². The molecule has 1 aromatic carbocycles. The molecule has 0 bridgehead atoms. The van der Waals surface area contributed by atoms with E-state index < -0.39 is 12.0 Å². The molecule has 5 heteroatoms. The fourth-order valence-corrected chi connectivity index (χ4v) is 1.97. The highest BCUT2D eigenvalue weighted by molar-refractivity contribution is 5.73. The van der Waals surface area contributed by atoms with Gasteiger partial charge in [-0.2, -0.15) is 0 Å². The normalized spacial score (nSPS) is 13.8. The molecule has 0 spiro atoms. The van der Waals surface area contributed by atoms with E-state index in [-0.39, 0.29) is 12.6 Å². The summed E-state index contributed by atoms with van der Waals surface area (Å²) in [5.41, 5.74) is 1.07. The summed E-state index contributed by atoms with van der Waals surface area (Å²) >= 11 is 0. The maximum absolute atomic E-state index is 11.2. The molecule has 3 N–H and O–H groups in total. The van der Waals surface area contributed by atoms with Crippen molar-refractivity contribution in [1.82, 2.24) is 5.32 Å². The van der Waals surface area contributed by atoms with Gasteiger partial charge in [0, 0.05) is 6.04 Å². The highest BCUT2D eigenvalue weighted by atomic mass is 16.5. The first kappa shape index (κ1) is 16.5. The van der Waals surface area contributed by atoms with Crippen LogP contribution in [0.4, 0.5) is 0 Å². The molecule has 0 fully saturated rings. The van der Waals surface area contributed by atoms with Gasteiger partial charge in [-0.05, 0) is 37.0 Å². The van der Waals surface area contributed by atoms with Crippen molar-refractivity contribution in [3.05, 3.63) is 29.8 Å². The zero-order valence-corrected chi connectivity index (χ0v) is 12.0. The van der Waals surface area contributed by atoms with Crippen molar-refractivity contribution in [3.63, 3.8) is 0 Å². The van der Waals surface area contributed by atoms with Gasteiger partial charge in [-0.1, -0.05) is 19.1 Å². The van der Waals surface area contributed by atoms with E-state index in [4.69, 9.17) is 9.84 Å². The van der Waals surface area contributed by atoms with Crippen LogP contribution in [0.25, 0.3) is 0 Å². The van der Waals surface area contributed by atoms with E-state index in [1.165, 1.54) is 0 Å². The van der Waals surface area contributed by atoms with Crippen LogP contribution in [0.15, 0.2) is 24.3 Å². The van der Waals surface area contributed by atoms with Crippen LogP contribution in [0.3, 0.4) is 0 Å². The maximum atomic E-state index is 11.2. The van der Waals surface area contributed by atoms with E-state index in [1.807, 2.05) is 31.2 Å². The second-order valence-electron chi connectivity index (χ2n) is 4.73. The molecule has 5 nitrogen and oxygen atoms in total. The number of methoxy groups -OCH3 is 1. The standard InChI is InChI=1S/C15H23NO4/c1-3-12(10-17)16-14(15(18)19)9-6-11-4-7-13(20-2)8-5-11/h4-5,7-8,12,14,16-17H,3,6,9-10H2,1-2H3,(H,18,19)/t12-,14+/m1/s1. The number of ether oxygens (including phenoxy) is 1. The monoisotopic (exact) mass is 281 g/mol. The first-order valence-corrected chi connectivity index (χ1v) is 6.83. The Kier molecular flexibility index (Phi) is 7.04. The van der Waals surface area contributed by atoms with Gasteiger partial charge < -0.3 is 14.9 Å². The summed E-state index contributed by atoms with van der Waals surface area (Å²) in [6, 6.07) is 6.77. The predicted octanol–water partition coefficient (Wildman–Crippen LogP) is 1.44. The van der Waals surface area contributed by atoms with Gasteiger partial charge in [-0.15, -0.1) is 0 Å². The Balaban J connectivity index is 2.55. The molecule has 1 aromatic rings. The number of benzene rings is 1. The first-order valence-electron chi connectivity index (χ1n) is 6.83. The van der Waals surface area contributed by atoms with E-state index in [2.05, 4.69) is 5.32 Å². The summed E-state index contributed by atoms with van der Waals surface area (Å²) in [4.78, 5) is 11.2. The van der Waals surface area contributed by atoms with Gasteiger partial charge in [0.05, 0.1) is 13.7 Å². The Morgan fingerprint density at radius 1 is 1.35 bits per heavy atom. The third-order valence-electron chi connectivity index (χ3n) is 3.33. The Bertz CT molecular complexity index is 401. The average molecular weight is 281 g/mol. The SMILES string of the molecule is CC[C@H](CO)N[C@@H](CCc1ccc(OC)cc1)C(=O)O. The summed E-state index contributed by atoms with van der Waals surface area (Å²) in [5, 5.41) is 21.3. The number of nitrogens with one attached hydrogen (secondary N) is 1. The van der Waals surface area contributed by atoms with Gasteiger partial charge in [-0.3, -0.25) is 10.1 Å². The van der Waals surface area contributed by atoms with E-state index in [0.717, 1.165) is 11.3 Å². The largest absolute Gasteiger partial charge is 0.497 e. The van der Waals surface area contributed by atoms with E-state index in [9.17, 15) is 9.90 Å². The lowest BCUT2D eigenvalue weighted by Crippen LogP contribution is -2.45. The van der Waals surface area contributed by atoms with E-state index in [0.29, 0.717) is 19.3 Å². The first-order chi connectivity index (χ1) is 9.60. The Morgan fingerprint density at radius 3 is 2.45 bits per heavy atom. The van der Waals surface area contributed by atoms with Crippen molar-refractivity contribution in [2.24, 2.45) is 0 Å². The molecule has 0 aliphatic carbocycles. The Morgan fingerprint density at radius 2 is 2.00 bits per heavy atom. The van der Waals surface area contributed by atoms with Crippen LogP contribution in [0, 0.1) is 0 Å². The van der Waals surface area contributed by atoms with Crippen molar-refractivity contribution in [1.29, 1.82) is 0 Å². The number of aliphatic carboxylic acids is 1. The van der Waals surface area contributed by atoms with Crippen molar-refractivity contribution in [2.45, 2.75) is 38.3 Å². The van der Waals surface area contributed by atoms with Gasteiger partial charge >= 0.3 is 5.97 Å². The van der Waals surface area contributed by atoms with E-state index >= 15 is 0 Å². The number of hydrogen-bond acceptors (Lipinski definition) is 4. The summed E-state index contributed by atoms with van der Waals surface area (Å²) < 4.78 is 5.08. The predicted molar refractivity (Wildman–Crippen MR) is 77.0 cm³/mol. The average Bonchev–Trinajstić information content (AvgIpc) is 2.47. The molecule has 0 saturated carbocycles. The smallest absolute Gasteiger partial charge is 0.320 e. The minimum absolute atomic E-state index is 0.0528. The van der Waals surface area contributed by atoms with Gasteiger partial charge in [0.25, 0.3) is 0 Å². The number of aliphatic hydroxyl groups is 1. The molecular weight excluding hydrogens is 258 g/mol. The summed E-state index contributed by atoms with van der Waals surface area (Å²) in [5.74, 6) is -0.0987. The number of aryl methyl sites for hydroxylation is 1. The number of carboxylic acid groups (broad SMARTS) is 1. The number of carbonyl (C=O) groups is 1. The van der Waals surface area contributed by atoms with Crippen LogP contribution in [0.1, 0.15) is 25.3 Å². The molecule has 1 rings (SSSR count).